The van der Waals surface area contributed by atoms with Crippen molar-refractivity contribution in [1.29, 1.82) is 0 Å². The van der Waals surface area contributed by atoms with Gasteiger partial charge >= 0.3 is 0 Å². The highest BCUT2D eigenvalue weighted by molar-refractivity contribution is 5.80. The van der Waals surface area contributed by atoms with Gasteiger partial charge in [-0.2, -0.15) is 0 Å². The number of nitrogens with two attached hydrogens (primary N) is 1. The average Bonchev–Trinajstić information content (AvgIpc) is 2.84. The molecule has 3 unspecified atom stereocenters. The monoisotopic (exact) mass is 220 g/mol. The van der Waals surface area contributed by atoms with Crippen molar-refractivity contribution in [3.05, 3.63) is 12.2 Å². The number of nitrogens with one attached hydrogen (secondary N) is 1. The van der Waals surface area contributed by atoms with Crippen LogP contribution in [0.4, 0.5) is 0 Å². The van der Waals surface area contributed by atoms with Crippen molar-refractivity contribution < 1.29 is 4.79 Å². The minimum atomic E-state index is -0.0941. The van der Waals surface area contributed by atoms with E-state index in [-0.39, 0.29) is 17.4 Å². The van der Waals surface area contributed by atoms with Gasteiger partial charge in [-0.05, 0) is 43.9 Å². The van der Waals surface area contributed by atoms with Crippen LogP contribution in [-0.2, 0) is 4.79 Å². The fraction of sp³-hybridized carbons (Fsp3) is 0.769. The molecule has 3 atom stereocenters. The van der Waals surface area contributed by atoms with Gasteiger partial charge in [0.2, 0.25) is 5.91 Å². The Morgan fingerprint density at radius 1 is 1.38 bits per heavy atom. The Kier molecular flexibility index (Phi) is 2.32. The lowest BCUT2D eigenvalue weighted by atomic mass is 9.77. The number of hydrogen-bond donors (Lipinski definition) is 2. The number of fused-ring (bicyclic) bond motifs is 2. The summed E-state index contributed by atoms with van der Waals surface area (Å²) in [6, 6.07) is 0. The minimum absolute atomic E-state index is 0.0941. The van der Waals surface area contributed by atoms with E-state index in [0.29, 0.717) is 18.4 Å². The summed E-state index contributed by atoms with van der Waals surface area (Å²) < 4.78 is 0. The SMILES string of the molecule is NC1(CNC(=O)C2CC3C=CC2C3)CCC1. The molecule has 0 aromatic rings. The van der Waals surface area contributed by atoms with Crippen molar-refractivity contribution in [1.82, 2.24) is 5.32 Å². The number of allylic oxidation sites excluding steroid dienone is 2. The molecule has 0 aromatic heterocycles. The van der Waals surface area contributed by atoms with Crippen molar-refractivity contribution in [2.24, 2.45) is 23.5 Å². The summed E-state index contributed by atoms with van der Waals surface area (Å²) in [7, 11) is 0. The van der Waals surface area contributed by atoms with E-state index in [9.17, 15) is 4.79 Å². The Labute approximate surface area is 96.5 Å². The summed E-state index contributed by atoms with van der Waals surface area (Å²) in [6.45, 7) is 0.670. The predicted octanol–water partition coefficient (Wildman–Crippen LogP) is 1.20. The molecule has 3 aliphatic rings. The van der Waals surface area contributed by atoms with Gasteiger partial charge in [0.1, 0.15) is 0 Å². The van der Waals surface area contributed by atoms with Gasteiger partial charge in [0.05, 0.1) is 0 Å². The van der Waals surface area contributed by atoms with Crippen LogP contribution < -0.4 is 11.1 Å². The maximum absolute atomic E-state index is 12.0. The molecule has 0 radical (unpaired) electrons. The van der Waals surface area contributed by atoms with Crippen LogP contribution in [-0.4, -0.2) is 18.0 Å². The van der Waals surface area contributed by atoms with Crippen LogP contribution >= 0.6 is 0 Å². The molecule has 16 heavy (non-hydrogen) atoms. The lowest BCUT2D eigenvalue weighted by Gasteiger charge is -2.38. The highest BCUT2D eigenvalue weighted by Gasteiger charge is 2.40. The summed E-state index contributed by atoms with van der Waals surface area (Å²) in [5, 5.41) is 3.05. The summed E-state index contributed by atoms with van der Waals surface area (Å²) in [6.07, 6.45) is 10.1. The van der Waals surface area contributed by atoms with E-state index >= 15 is 0 Å². The standard InChI is InChI=1S/C13H20N2O/c14-13(4-1-5-13)8-15-12(16)11-7-9-2-3-10(11)6-9/h2-3,9-11H,1,4-8,14H2,(H,15,16). The first kappa shape index (κ1) is 10.3. The van der Waals surface area contributed by atoms with Gasteiger partial charge in [-0.1, -0.05) is 12.2 Å². The molecule has 0 aliphatic heterocycles. The Hall–Kier alpha value is -0.830. The zero-order valence-corrected chi connectivity index (χ0v) is 9.61. The van der Waals surface area contributed by atoms with E-state index in [4.69, 9.17) is 5.73 Å². The van der Waals surface area contributed by atoms with Crippen LogP contribution in [0.15, 0.2) is 12.2 Å². The van der Waals surface area contributed by atoms with E-state index in [1.54, 1.807) is 0 Å². The Morgan fingerprint density at radius 3 is 2.69 bits per heavy atom. The van der Waals surface area contributed by atoms with Crippen LogP contribution in [0.1, 0.15) is 32.1 Å². The molecule has 1 amide bonds. The van der Waals surface area contributed by atoms with Gasteiger partial charge < -0.3 is 11.1 Å². The molecule has 0 saturated heterocycles. The molecule has 88 valence electrons. The molecular formula is C13H20N2O. The van der Waals surface area contributed by atoms with Crippen molar-refractivity contribution in [3.63, 3.8) is 0 Å². The first-order valence-corrected chi connectivity index (χ1v) is 6.41. The fourth-order valence-corrected chi connectivity index (χ4v) is 3.28. The predicted molar refractivity (Wildman–Crippen MR) is 62.6 cm³/mol. The maximum Gasteiger partial charge on any atom is 0.223 e. The Morgan fingerprint density at radius 2 is 2.19 bits per heavy atom. The number of amides is 1. The van der Waals surface area contributed by atoms with E-state index in [1.807, 2.05) is 0 Å². The van der Waals surface area contributed by atoms with Crippen LogP contribution in [0.25, 0.3) is 0 Å². The topological polar surface area (TPSA) is 55.1 Å². The largest absolute Gasteiger partial charge is 0.354 e. The number of carbonyl (C=O) groups is 1. The molecule has 0 aromatic carbocycles. The molecule has 3 rings (SSSR count). The third-order valence-electron chi connectivity index (χ3n) is 4.58. The van der Waals surface area contributed by atoms with E-state index < -0.39 is 0 Å². The third kappa shape index (κ3) is 1.67. The summed E-state index contributed by atoms with van der Waals surface area (Å²) >= 11 is 0. The summed E-state index contributed by atoms with van der Waals surface area (Å²) in [5.74, 6) is 1.61. The number of rotatable bonds is 3. The van der Waals surface area contributed by atoms with Crippen molar-refractivity contribution in [2.75, 3.05) is 6.54 Å². The van der Waals surface area contributed by atoms with Gasteiger partial charge in [-0.25, -0.2) is 0 Å². The zero-order valence-electron chi connectivity index (χ0n) is 9.61. The molecule has 0 spiro atoms. The Bertz CT molecular complexity index is 333. The molecule has 2 saturated carbocycles. The fourth-order valence-electron chi connectivity index (χ4n) is 3.28. The molecule has 3 heteroatoms. The quantitative estimate of drug-likeness (QED) is 0.702. The highest BCUT2D eigenvalue weighted by atomic mass is 16.1. The molecule has 0 heterocycles. The first-order valence-electron chi connectivity index (χ1n) is 6.41. The van der Waals surface area contributed by atoms with Gasteiger partial charge in [-0.3, -0.25) is 4.79 Å². The van der Waals surface area contributed by atoms with Gasteiger partial charge in [0.15, 0.2) is 0 Å². The molecule has 3 N–H and O–H groups in total. The van der Waals surface area contributed by atoms with E-state index in [0.717, 1.165) is 19.3 Å². The van der Waals surface area contributed by atoms with E-state index in [2.05, 4.69) is 17.5 Å². The molecule has 3 nitrogen and oxygen atoms in total. The number of hydrogen-bond acceptors (Lipinski definition) is 2. The third-order valence-corrected chi connectivity index (χ3v) is 4.58. The van der Waals surface area contributed by atoms with Gasteiger partial charge in [0, 0.05) is 18.0 Å². The summed E-state index contributed by atoms with van der Waals surface area (Å²) in [5.41, 5.74) is 6.00. The second kappa shape index (κ2) is 3.59. The minimum Gasteiger partial charge on any atom is -0.354 e. The normalized spacial score (nSPS) is 38.4. The van der Waals surface area contributed by atoms with Crippen LogP contribution in [0.3, 0.4) is 0 Å². The van der Waals surface area contributed by atoms with Crippen LogP contribution in [0.5, 0.6) is 0 Å². The van der Waals surface area contributed by atoms with Crippen molar-refractivity contribution in [3.8, 4) is 0 Å². The van der Waals surface area contributed by atoms with Crippen LogP contribution in [0, 0.1) is 17.8 Å². The van der Waals surface area contributed by atoms with E-state index in [1.165, 1.54) is 12.8 Å². The first-order chi connectivity index (χ1) is 7.66. The maximum atomic E-state index is 12.0. The average molecular weight is 220 g/mol. The second-order valence-corrected chi connectivity index (χ2v) is 5.82. The van der Waals surface area contributed by atoms with Crippen LogP contribution in [0.2, 0.25) is 0 Å². The highest BCUT2D eigenvalue weighted by Crippen LogP contribution is 2.43. The molecular weight excluding hydrogens is 200 g/mol. The second-order valence-electron chi connectivity index (χ2n) is 5.82. The van der Waals surface area contributed by atoms with Gasteiger partial charge in [-0.15, -0.1) is 0 Å². The molecule has 2 bridgehead atoms. The smallest absolute Gasteiger partial charge is 0.223 e. The van der Waals surface area contributed by atoms with Gasteiger partial charge in [0.25, 0.3) is 0 Å². The summed E-state index contributed by atoms with van der Waals surface area (Å²) in [4.78, 5) is 12.0. The molecule has 3 aliphatic carbocycles. The van der Waals surface area contributed by atoms with Crippen molar-refractivity contribution in [2.45, 2.75) is 37.6 Å². The Balaban J connectivity index is 1.52. The number of carbonyl (C=O) groups excluding carboxylic acids is 1. The zero-order chi connectivity index (χ0) is 11.2. The van der Waals surface area contributed by atoms with Crippen molar-refractivity contribution >= 4 is 5.91 Å². The molecule has 2 fully saturated rings. The lowest BCUT2D eigenvalue weighted by Crippen LogP contribution is -2.55. The lowest BCUT2D eigenvalue weighted by molar-refractivity contribution is -0.126.